The standard InChI is InChI=1S/C58H48N2O4/c1-5-59(6-2)43-29-27-41-33-53(57(61)63-55(41)35-43)39-17-9-15-37(31-39)45-19-11-23-49-47(45)21-13-25-51(49)52-26-14-22-48-46(20-12-24-50(48)52)38-16-10-18-40(32-38)54-34-42-28-30-44(60(7-3)8-4)36-56(42)64-58(54)62/h9-36H,5-8H2,1-4H3. The lowest BCUT2D eigenvalue weighted by atomic mass is 9.88. The third-order valence-electron chi connectivity index (χ3n) is 12.8. The van der Waals surface area contributed by atoms with Gasteiger partial charge in [0.15, 0.2) is 0 Å². The predicted molar refractivity (Wildman–Crippen MR) is 268 cm³/mol. The number of fused-ring (bicyclic) bond motifs is 4. The Labute approximate surface area is 372 Å². The predicted octanol–water partition coefficient (Wildman–Crippen LogP) is 14.2. The van der Waals surface area contributed by atoms with E-state index in [1.807, 2.05) is 60.7 Å². The van der Waals surface area contributed by atoms with Crippen LogP contribution in [0.4, 0.5) is 11.4 Å². The molecule has 0 spiro atoms. The van der Waals surface area contributed by atoms with Crippen LogP contribution in [0.2, 0.25) is 0 Å². The van der Waals surface area contributed by atoms with Gasteiger partial charge in [0.25, 0.3) is 0 Å². The van der Waals surface area contributed by atoms with E-state index < -0.39 is 0 Å². The lowest BCUT2D eigenvalue weighted by Crippen LogP contribution is -2.21. The van der Waals surface area contributed by atoms with Gasteiger partial charge >= 0.3 is 11.3 Å². The van der Waals surface area contributed by atoms with E-state index in [9.17, 15) is 9.59 Å². The molecule has 6 heteroatoms. The first-order chi connectivity index (χ1) is 31.3. The van der Waals surface area contributed by atoms with Crippen LogP contribution in [0, 0.1) is 0 Å². The van der Waals surface area contributed by atoms with Gasteiger partial charge < -0.3 is 18.6 Å². The summed E-state index contributed by atoms with van der Waals surface area (Å²) in [5, 5.41) is 6.27. The van der Waals surface area contributed by atoms with Crippen LogP contribution >= 0.6 is 0 Å². The summed E-state index contributed by atoms with van der Waals surface area (Å²) in [5.41, 5.74) is 11.7. The summed E-state index contributed by atoms with van der Waals surface area (Å²) in [4.78, 5) is 31.5. The van der Waals surface area contributed by atoms with Crippen molar-refractivity contribution >= 4 is 54.9 Å². The van der Waals surface area contributed by atoms with E-state index >= 15 is 0 Å². The smallest absolute Gasteiger partial charge is 0.344 e. The number of anilines is 2. The van der Waals surface area contributed by atoms with Crippen molar-refractivity contribution < 1.29 is 8.83 Å². The minimum absolute atomic E-state index is 0.354. The Bertz CT molecular complexity index is 3290. The SMILES string of the molecule is CCN(CC)c1ccc2cc(-c3cccc(-c4cccc5c(-c6cccc7c(-c8cccc(-c9cc%10ccc(N(CC)CC)cc%10oc9=O)c8)cccc67)cccc45)c3)c(=O)oc2c1. The maximum atomic E-state index is 13.5. The Hall–Kier alpha value is -7.70. The molecule has 8 aromatic carbocycles. The minimum atomic E-state index is -0.354. The number of hydrogen-bond donors (Lipinski definition) is 0. The second-order valence-electron chi connectivity index (χ2n) is 16.3. The monoisotopic (exact) mass is 836 g/mol. The second-order valence-corrected chi connectivity index (χ2v) is 16.3. The molecule has 0 saturated heterocycles. The summed E-state index contributed by atoms with van der Waals surface area (Å²) in [6, 6.07) is 58.3. The zero-order chi connectivity index (χ0) is 43.9. The first-order valence-corrected chi connectivity index (χ1v) is 22.3. The van der Waals surface area contributed by atoms with Crippen molar-refractivity contribution in [3.63, 3.8) is 0 Å². The van der Waals surface area contributed by atoms with Crippen molar-refractivity contribution in [2.45, 2.75) is 27.7 Å². The summed E-state index contributed by atoms with van der Waals surface area (Å²) in [5.74, 6) is 0. The number of nitrogens with zero attached hydrogens (tertiary/aromatic N) is 2. The van der Waals surface area contributed by atoms with Gasteiger partial charge in [-0.15, -0.1) is 0 Å². The minimum Gasteiger partial charge on any atom is -0.422 e. The Morgan fingerprint density at radius 2 is 0.672 bits per heavy atom. The molecule has 0 aliphatic rings. The van der Waals surface area contributed by atoms with E-state index in [1.165, 1.54) is 0 Å². The molecular formula is C58H48N2O4. The van der Waals surface area contributed by atoms with Crippen molar-refractivity contribution in [2.75, 3.05) is 36.0 Å². The van der Waals surface area contributed by atoms with E-state index in [2.05, 4.69) is 147 Å². The Morgan fingerprint density at radius 1 is 0.344 bits per heavy atom. The highest BCUT2D eigenvalue weighted by Crippen LogP contribution is 2.41. The molecule has 2 heterocycles. The molecule has 0 bridgehead atoms. The fourth-order valence-corrected chi connectivity index (χ4v) is 9.47. The summed E-state index contributed by atoms with van der Waals surface area (Å²) >= 11 is 0. The molecule has 0 N–H and O–H groups in total. The van der Waals surface area contributed by atoms with E-state index in [0.29, 0.717) is 22.3 Å². The third kappa shape index (κ3) is 7.21. The first-order valence-electron chi connectivity index (χ1n) is 22.3. The van der Waals surface area contributed by atoms with Crippen LogP contribution in [0.15, 0.2) is 188 Å². The number of rotatable bonds is 11. The van der Waals surface area contributed by atoms with Gasteiger partial charge in [0.1, 0.15) is 11.2 Å². The van der Waals surface area contributed by atoms with Crippen LogP contribution in [0.5, 0.6) is 0 Å². The van der Waals surface area contributed by atoms with Gasteiger partial charge in [-0.3, -0.25) is 0 Å². The summed E-state index contributed by atoms with van der Waals surface area (Å²) in [6.45, 7) is 12.0. The highest BCUT2D eigenvalue weighted by Gasteiger charge is 2.17. The molecule has 0 saturated carbocycles. The average Bonchev–Trinajstić information content (AvgIpc) is 3.33. The summed E-state index contributed by atoms with van der Waals surface area (Å²) in [6.07, 6.45) is 0. The van der Waals surface area contributed by atoms with Gasteiger partial charge in [0, 0.05) is 60.5 Å². The maximum Gasteiger partial charge on any atom is 0.344 e. The van der Waals surface area contributed by atoms with E-state index in [0.717, 1.165) is 114 Å². The normalized spacial score (nSPS) is 11.5. The van der Waals surface area contributed by atoms with E-state index in [1.54, 1.807) is 0 Å². The highest BCUT2D eigenvalue weighted by atomic mass is 16.4. The Kier molecular flexibility index (Phi) is 10.6. The molecule has 0 fully saturated rings. The van der Waals surface area contributed by atoms with Crippen molar-refractivity contribution in [3.8, 4) is 55.6 Å². The van der Waals surface area contributed by atoms with Crippen LogP contribution < -0.4 is 21.1 Å². The fraction of sp³-hybridized carbons (Fsp3) is 0.138. The van der Waals surface area contributed by atoms with Gasteiger partial charge in [-0.25, -0.2) is 9.59 Å². The van der Waals surface area contributed by atoms with Gasteiger partial charge in [-0.2, -0.15) is 0 Å². The molecule has 0 aliphatic heterocycles. The molecule has 2 aromatic heterocycles. The molecular weight excluding hydrogens is 789 g/mol. The molecule has 6 nitrogen and oxygen atoms in total. The lowest BCUT2D eigenvalue weighted by Gasteiger charge is -2.21. The Morgan fingerprint density at radius 3 is 1.05 bits per heavy atom. The molecule has 64 heavy (non-hydrogen) atoms. The van der Waals surface area contributed by atoms with Crippen molar-refractivity contribution in [2.24, 2.45) is 0 Å². The molecule has 0 atom stereocenters. The third-order valence-corrected chi connectivity index (χ3v) is 12.8. The number of benzene rings is 8. The molecule has 0 radical (unpaired) electrons. The van der Waals surface area contributed by atoms with Crippen LogP contribution in [0.25, 0.3) is 99.1 Å². The van der Waals surface area contributed by atoms with Crippen molar-refractivity contribution in [1.82, 2.24) is 0 Å². The molecule has 10 rings (SSSR count). The van der Waals surface area contributed by atoms with Gasteiger partial charge in [-0.1, -0.05) is 109 Å². The lowest BCUT2D eigenvalue weighted by molar-refractivity contribution is 0.563. The van der Waals surface area contributed by atoms with Crippen LogP contribution in [0.3, 0.4) is 0 Å². The van der Waals surface area contributed by atoms with E-state index in [-0.39, 0.29) is 11.3 Å². The van der Waals surface area contributed by atoms with Crippen LogP contribution in [-0.2, 0) is 0 Å². The van der Waals surface area contributed by atoms with Gasteiger partial charge in [0.05, 0.1) is 11.1 Å². The highest BCUT2D eigenvalue weighted by molar-refractivity contribution is 6.11. The topological polar surface area (TPSA) is 66.9 Å². The number of hydrogen-bond acceptors (Lipinski definition) is 6. The van der Waals surface area contributed by atoms with Gasteiger partial charge in [-0.05, 0) is 142 Å². The largest absolute Gasteiger partial charge is 0.422 e. The molecule has 0 aliphatic carbocycles. The van der Waals surface area contributed by atoms with E-state index in [4.69, 9.17) is 8.83 Å². The average molecular weight is 837 g/mol. The molecule has 10 aromatic rings. The summed E-state index contributed by atoms with van der Waals surface area (Å²) in [7, 11) is 0. The molecule has 314 valence electrons. The van der Waals surface area contributed by atoms with Crippen molar-refractivity contribution in [3.05, 3.63) is 191 Å². The van der Waals surface area contributed by atoms with Crippen LogP contribution in [0.1, 0.15) is 27.7 Å². The van der Waals surface area contributed by atoms with Crippen LogP contribution in [-0.4, -0.2) is 26.2 Å². The fourth-order valence-electron chi connectivity index (χ4n) is 9.47. The summed E-state index contributed by atoms with van der Waals surface area (Å²) < 4.78 is 11.9. The maximum absolute atomic E-state index is 13.5. The quantitative estimate of drug-likeness (QED) is 0.121. The molecule has 0 unspecified atom stereocenters. The molecule has 0 amide bonds. The van der Waals surface area contributed by atoms with Crippen molar-refractivity contribution in [1.29, 1.82) is 0 Å². The zero-order valence-corrected chi connectivity index (χ0v) is 36.5. The second kappa shape index (κ2) is 16.9. The first kappa shape index (κ1) is 40.4. The van der Waals surface area contributed by atoms with Gasteiger partial charge in [0.2, 0.25) is 0 Å². The Balaban J connectivity index is 1.01. The zero-order valence-electron chi connectivity index (χ0n) is 36.5.